The molecule has 1 aromatic carbocycles. The maximum atomic E-state index is 5.41. The highest BCUT2D eigenvalue weighted by molar-refractivity contribution is 8.01. The van der Waals surface area contributed by atoms with Crippen LogP contribution in [0.4, 0.5) is 0 Å². The molecule has 2 rings (SSSR count). The lowest BCUT2D eigenvalue weighted by Crippen LogP contribution is -2.22. The summed E-state index contributed by atoms with van der Waals surface area (Å²) in [5, 5.41) is 3.28. The van der Waals surface area contributed by atoms with E-state index in [-0.39, 0.29) is 0 Å². The molecule has 0 spiro atoms. The maximum absolute atomic E-state index is 5.41. The highest BCUT2D eigenvalue weighted by Crippen LogP contribution is 2.53. The van der Waals surface area contributed by atoms with E-state index >= 15 is 0 Å². The van der Waals surface area contributed by atoms with E-state index < -0.39 is 0 Å². The van der Waals surface area contributed by atoms with Gasteiger partial charge in [-0.25, -0.2) is 0 Å². The smallest absolute Gasteiger partial charge is 0.132 e. The first-order chi connectivity index (χ1) is 7.69. The fraction of sp³-hybridized carbons (Fsp3) is 0.538. The Morgan fingerprint density at radius 3 is 2.75 bits per heavy atom. The van der Waals surface area contributed by atoms with Gasteiger partial charge in [-0.15, -0.1) is 11.8 Å². The summed E-state index contributed by atoms with van der Waals surface area (Å²) in [5.41, 5.74) is 1.29. The lowest BCUT2D eigenvalue weighted by atomic mass is 10.2. The summed E-state index contributed by atoms with van der Waals surface area (Å²) < 4.78 is 5.82. The highest BCUT2D eigenvalue weighted by Gasteiger charge is 2.43. The van der Waals surface area contributed by atoms with Gasteiger partial charge in [-0.1, -0.05) is 6.07 Å². The minimum Gasteiger partial charge on any atom is -0.496 e. The molecule has 1 fully saturated rings. The summed E-state index contributed by atoms with van der Waals surface area (Å²) in [6.07, 6.45) is 2.60. The molecule has 0 radical (unpaired) electrons. The van der Waals surface area contributed by atoms with Gasteiger partial charge in [0.1, 0.15) is 5.75 Å². The van der Waals surface area contributed by atoms with Crippen molar-refractivity contribution in [3.63, 3.8) is 0 Å². The summed E-state index contributed by atoms with van der Waals surface area (Å²) in [4.78, 5) is 1.27. The Morgan fingerprint density at radius 1 is 1.44 bits per heavy atom. The van der Waals surface area contributed by atoms with Crippen molar-refractivity contribution in [2.75, 3.05) is 20.7 Å². The van der Waals surface area contributed by atoms with Gasteiger partial charge in [-0.05, 0) is 44.5 Å². The number of methoxy groups -OCH3 is 1. The van der Waals surface area contributed by atoms with E-state index in [1.807, 2.05) is 18.8 Å². The van der Waals surface area contributed by atoms with E-state index in [4.69, 9.17) is 4.74 Å². The van der Waals surface area contributed by atoms with Crippen LogP contribution in [0.1, 0.15) is 18.4 Å². The summed E-state index contributed by atoms with van der Waals surface area (Å²) >= 11 is 1.96. The van der Waals surface area contributed by atoms with Gasteiger partial charge in [0.05, 0.1) is 12.0 Å². The molecule has 0 saturated heterocycles. The van der Waals surface area contributed by atoms with Crippen molar-refractivity contribution in [3.05, 3.63) is 23.8 Å². The first-order valence-corrected chi connectivity index (χ1v) is 6.49. The number of hydrogen-bond donors (Lipinski definition) is 1. The van der Waals surface area contributed by atoms with Crippen LogP contribution in [0.25, 0.3) is 0 Å². The second kappa shape index (κ2) is 4.68. The van der Waals surface area contributed by atoms with E-state index in [1.165, 1.54) is 23.3 Å². The molecule has 0 heterocycles. The normalized spacial score (nSPS) is 17.2. The number of aryl methyl sites for hydroxylation is 1. The molecule has 1 aliphatic rings. The van der Waals surface area contributed by atoms with E-state index in [1.54, 1.807) is 7.11 Å². The van der Waals surface area contributed by atoms with Gasteiger partial charge < -0.3 is 10.1 Å². The monoisotopic (exact) mass is 237 g/mol. The number of nitrogens with one attached hydrogen (secondary N) is 1. The van der Waals surface area contributed by atoms with Crippen molar-refractivity contribution < 1.29 is 4.74 Å². The molecule has 0 aromatic heterocycles. The van der Waals surface area contributed by atoms with E-state index in [2.05, 4.69) is 30.4 Å². The number of rotatable bonds is 5. The minimum atomic E-state index is 0.413. The second-order valence-corrected chi connectivity index (χ2v) is 5.98. The van der Waals surface area contributed by atoms with Gasteiger partial charge >= 0.3 is 0 Å². The highest BCUT2D eigenvalue weighted by atomic mass is 32.2. The fourth-order valence-corrected chi connectivity index (χ4v) is 3.36. The van der Waals surface area contributed by atoms with Crippen LogP contribution in [-0.2, 0) is 0 Å². The van der Waals surface area contributed by atoms with Gasteiger partial charge in [0.15, 0.2) is 0 Å². The molecule has 0 unspecified atom stereocenters. The lowest BCUT2D eigenvalue weighted by Gasteiger charge is -2.16. The molecule has 3 heteroatoms. The second-order valence-electron chi connectivity index (χ2n) is 4.47. The molecule has 0 amide bonds. The van der Waals surface area contributed by atoms with Crippen LogP contribution < -0.4 is 10.1 Å². The van der Waals surface area contributed by atoms with Gasteiger partial charge in [0.2, 0.25) is 0 Å². The van der Waals surface area contributed by atoms with Crippen LogP contribution in [0.15, 0.2) is 23.1 Å². The van der Waals surface area contributed by atoms with Gasteiger partial charge in [-0.2, -0.15) is 0 Å². The van der Waals surface area contributed by atoms with Crippen LogP contribution in [0.2, 0.25) is 0 Å². The molecule has 0 atom stereocenters. The molecule has 1 aliphatic carbocycles. The van der Waals surface area contributed by atoms with Gasteiger partial charge in [-0.3, -0.25) is 0 Å². The van der Waals surface area contributed by atoms with Crippen LogP contribution in [0, 0.1) is 6.92 Å². The number of benzene rings is 1. The van der Waals surface area contributed by atoms with E-state index in [0.717, 1.165) is 12.3 Å². The summed E-state index contributed by atoms with van der Waals surface area (Å²) in [7, 11) is 3.76. The average molecular weight is 237 g/mol. The van der Waals surface area contributed by atoms with Crippen molar-refractivity contribution in [1.29, 1.82) is 0 Å². The Bertz CT molecular complexity index is 374. The fourth-order valence-electron chi connectivity index (χ4n) is 1.87. The molecule has 1 saturated carbocycles. The number of ether oxygens (including phenoxy) is 1. The molecule has 1 N–H and O–H groups in total. The van der Waals surface area contributed by atoms with Crippen LogP contribution in [0.5, 0.6) is 5.75 Å². The van der Waals surface area contributed by atoms with E-state index in [9.17, 15) is 0 Å². The van der Waals surface area contributed by atoms with Gasteiger partial charge in [0.25, 0.3) is 0 Å². The maximum Gasteiger partial charge on any atom is 0.132 e. The molecule has 1 aromatic rings. The van der Waals surface area contributed by atoms with Crippen LogP contribution in [-0.4, -0.2) is 25.4 Å². The van der Waals surface area contributed by atoms with Crippen LogP contribution in [0.3, 0.4) is 0 Å². The largest absolute Gasteiger partial charge is 0.496 e. The first kappa shape index (κ1) is 11.8. The summed E-state index contributed by atoms with van der Waals surface area (Å²) in [6.45, 7) is 3.20. The van der Waals surface area contributed by atoms with Crippen molar-refractivity contribution >= 4 is 11.8 Å². The molecule has 0 aliphatic heterocycles. The zero-order valence-corrected chi connectivity index (χ0v) is 11.0. The average Bonchev–Trinajstić information content (AvgIpc) is 2.99. The van der Waals surface area contributed by atoms with E-state index in [0.29, 0.717) is 4.75 Å². The molecular formula is C13H19NOS. The SMILES string of the molecule is CNCC1(Sc2cc(C)ccc2OC)CC1. The Balaban J connectivity index is 2.17. The predicted molar refractivity (Wildman–Crippen MR) is 69.5 cm³/mol. The minimum absolute atomic E-state index is 0.413. The van der Waals surface area contributed by atoms with Crippen molar-refractivity contribution in [1.82, 2.24) is 5.32 Å². The Hall–Kier alpha value is -0.670. The molecular weight excluding hydrogens is 218 g/mol. The quantitative estimate of drug-likeness (QED) is 0.851. The predicted octanol–water partition coefficient (Wildman–Crippen LogP) is 2.85. The van der Waals surface area contributed by atoms with Crippen molar-refractivity contribution in [2.24, 2.45) is 0 Å². The zero-order valence-electron chi connectivity index (χ0n) is 10.2. The number of thioether (sulfide) groups is 1. The van der Waals surface area contributed by atoms with Gasteiger partial charge in [0, 0.05) is 11.3 Å². The topological polar surface area (TPSA) is 21.3 Å². The Labute approximate surface area is 102 Å². The third-order valence-electron chi connectivity index (χ3n) is 2.95. The summed E-state index contributed by atoms with van der Waals surface area (Å²) in [6, 6.07) is 6.38. The van der Waals surface area contributed by atoms with Crippen LogP contribution >= 0.6 is 11.8 Å². The third kappa shape index (κ3) is 2.53. The lowest BCUT2D eigenvalue weighted by molar-refractivity contribution is 0.404. The molecule has 0 bridgehead atoms. The summed E-state index contributed by atoms with van der Waals surface area (Å²) in [5.74, 6) is 0.998. The zero-order chi connectivity index (χ0) is 11.6. The Morgan fingerprint density at radius 2 is 2.19 bits per heavy atom. The third-order valence-corrected chi connectivity index (χ3v) is 4.48. The van der Waals surface area contributed by atoms with Crippen molar-refractivity contribution in [3.8, 4) is 5.75 Å². The first-order valence-electron chi connectivity index (χ1n) is 5.67. The molecule has 2 nitrogen and oxygen atoms in total. The molecule has 16 heavy (non-hydrogen) atoms. The van der Waals surface area contributed by atoms with Crippen molar-refractivity contribution in [2.45, 2.75) is 29.4 Å². The Kier molecular flexibility index (Phi) is 3.45. The molecule has 88 valence electrons. The number of hydrogen-bond acceptors (Lipinski definition) is 3. The standard InChI is InChI=1S/C13H19NOS/c1-10-4-5-11(15-3)12(8-10)16-13(6-7-13)9-14-2/h4-5,8,14H,6-7,9H2,1-3H3.